The fraction of sp³-hybridized carbons (Fsp3) is 0.400. The molecule has 1 heterocycles. The van der Waals surface area contributed by atoms with Gasteiger partial charge in [-0.25, -0.2) is 8.78 Å². The zero-order valence-electron chi connectivity index (χ0n) is 12.0. The molecule has 1 aromatic carbocycles. The van der Waals surface area contributed by atoms with Crippen LogP contribution in [0.1, 0.15) is 31.9 Å². The van der Waals surface area contributed by atoms with Gasteiger partial charge < -0.3 is 5.32 Å². The van der Waals surface area contributed by atoms with Crippen molar-refractivity contribution in [1.29, 1.82) is 0 Å². The molecule has 108 valence electrons. The number of benzene rings is 1. The van der Waals surface area contributed by atoms with Gasteiger partial charge in [-0.05, 0) is 38.5 Å². The van der Waals surface area contributed by atoms with Crippen LogP contribution in [0.2, 0.25) is 0 Å². The molecule has 0 aliphatic carbocycles. The molecule has 0 saturated heterocycles. The van der Waals surface area contributed by atoms with Crippen molar-refractivity contribution >= 4 is 0 Å². The van der Waals surface area contributed by atoms with Crippen molar-refractivity contribution in [2.45, 2.75) is 39.4 Å². The van der Waals surface area contributed by atoms with Crippen LogP contribution in [0, 0.1) is 11.6 Å². The molecule has 1 N–H and O–H groups in total. The average Bonchev–Trinajstić information content (AvgIpc) is 2.82. The molecule has 5 heteroatoms. The van der Waals surface area contributed by atoms with Crippen LogP contribution in [0.4, 0.5) is 8.78 Å². The van der Waals surface area contributed by atoms with Crippen LogP contribution >= 0.6 is 0 Å². The number of hydrogen-bond acceptors (Lipinski definition) is 2. The Morgan fingerprint density at radius 1 is 1.10 bits per heavy atom. The molecule has 0 fully saturated rings. The van der Waals surface area contributed by atoms with E-state index in [1.165, 1.54) is 6.07 Å². The molecule has 0 bridgehead atoms. The smallest absolute Gasteiger partial charge is 0.159 e. The first-order chi connectivity index (χ1) is 9.36. The number of rotatable bonds is 4. The molecule has 20 heavy (non-hydrogen) atoms. The van der Waals surface area contributed by atoms with Gasteiger partial charge >= 0.3 is 0 Å². The van der Waals surface area contributed by atoms with Crippen molar-refractivity contribution in [3.63, 3.8) is 0 Å². The van der Waals surface area contributed by atoms with Gasteiger partial charge in [-0.3, -0.25) is 4.68 Å². The summed E-state index contributed by atoms with van der Waals surface area (Å²) >= 11 is 0. The molecule has 0 spiro atoms. The second-order valence-corrected chi connectivity index (χ2v) is 5.82. The first-order valence-corrected chi connectivity index (χ1v) is 6.55. The van der Waals surface area contributed by atoms with E-state index in [4.69, 9.17) is 0 Å². The van der Waals surface area contributed by atoms with Crippen LogP contribution in [0.5, 0.6) is 0 Å². The van der Waals surface area contributed by atoms with Crippen molar-refractivity contribution in [2.75, 3.05) is 0 Å². The zero-order chi connectivity index (χ0) is 14.8. The van der Waals surface area contributed by atoms with Crippen LogP contribution in [0.15, 0.2) is 30.6 Å². The predicted octanol–water partition coefficient (Wildman–Crippen LogP) is 3.21. The van der Waals surface area contributed by atoms with Crippen molar-refractivity contribution in [3.8, 4) is 0 Å². The largest absolute Gasteiger partial charge is 0.309 e. The quantitative estimate of drug-likeness (QED) is 0.931. The molecule has 0 atom stereocenters. The van der Waals surface area contributed by atoms with Crippen LogP contribution in [-0.4, -0.2) is 9.78 Å². The monoisotopic (exact) mass is 279 g/mol. The Hall–Kier alpha value is -1.75. The number of halogens is 2. The maximum atomic E-state index is 13.0. The molecule has 2 rings (SSSR count). The van der Waals surface area contributed by atoms with Crippen molar-refractivity contribution in [1.82, 2.24) is 15.1 Å². The lowest BCUT2D eigenvalue weighted by Crippen LogP contribution is -2.22. The zero-order valence-corrected chi connectivity index (χ0v) is 12.0. The SMILES string of the molecule is CC(C)(C)n1cc(CNCc2ccc(F)c(F)c2)cn1. The Morgan fingerprint density at radius 2 is 1.80 bits per heavy atom. The molecule has 1 aromatic heterocycles. The second-order valence-electron chi connectivity index (χ2n) is 5.82. The Balaban J connectivity index is 1.89. The highest BCUT2D eigenvalue weighted by Gasteiger charge is 2.13. The molecule has 0 unspecified atom stereocenters. The van der Waals surface area contributed by atoms with Crippen molar-refractivity contribution in [2.24, 2.45) is 0 Å². The molecule has 0 radical (unpaired) electrons. The van der Waals surface area contributed by atoms with E-state index in [0.29, 0.717) is 18.7 Å². The van der Waals surface area contributed by atoms with Crippen molar-refractivity contribution in [3.05, 3.63) is 53.4 Å². The number of hydrogen-bond donors (Lipinski definition) is 1. The van der Waals surface area contributed by atoms with Crippen LogP contribution in [-0.2, 0) is 18.6 Å². The van der Waals surface area contributed by atoms with Gasteiger partial charge in [-0.2, -0.15) is 5.10 Å². The molecular weight excluding hydrogens is 260 g/mol. The third-order valence-corrected chi connectivity index (χ3v) is 2.97. The summed E-state index contributed by atoms with van der Waals surface area (Å²) in [5.41, 5.74) is 1.73. The Labute approximate surface area is 117 Å². The third kappa shape index (κ3) is 3.63. The van der Waals surface area contributed by atoms with Crippen LogP contribution in [0.3, 0.4) is 0 Å². The Bertz CT molecular complexity index is 585. The molecule has 3 nitrogen and oxygen atoms in total. The normalized spacial score (nSPS) is 11.8. The summed E-state index contributed by atoms with van der Waals surface area (Å²) in [6.45, 7) is 7.36. The summed E-state index contributed by atoms with van der Waals surface area (Å²) in [6.07, 6.45) is 3.79. The van der Waals surface area contributed by atoms with Gasteiger partial charge in [-0.1, -0.05) is 6.07 Å². The molecule has 0 saturated carbocycles. The fourth-order valence-electron chi connectivity index (χ4n) is 1.82. The Morgan fingerprint density at radius 3 is 2.40 bits per heavy atom. The summed E-state index contributed by atoms with van der Waals surface area (Å²) in [7, 11) is 0. The van der Waals surface area contributed by atoms with E-state index >= 15 is 0 Å². The first-order valence-electron chi connectivity index (χ1n) is 6.55. The van der Waals surface area contributed by atoms with Gasteiger partial charge in [0.1, 0.15) is 0 Å². The summed E-state index contributed by atoms with van der Waals surface area (Å²) in [4.78, 5) is 0. The van der Waals surface area contributed by atoms with E-state index in [1.54, 1.807) is 6.07 Å². The van der Waals surface area contributed by atoms with E-state index < -0.39 is 11.6 Å². The predicted molar refractivity (Wildman–Crippen MR) is 74.1 cm³/mol. The molecule has 0 aliphatic heterocycles. The Kier molecular flexibility index (Phi) is 4.18. The van der Waals surface area contributed by atoms with Gasteiger partial charge in [-0.15, -0.1) is 0 Å². The lowest BCUT2D eigenvalue weighted by Gasteiger charge is -2.18. The maximum absolute atomic E-state index is 13.0. The maximum Gasteiger partial charge on any atom is 0.159 e. The lowest BCUT2D eigenvalue weighted by molar-refractivity contribution is 0.355. The van der Waals surface area contributed by atoms with Gasteiger partial charge in [0.15, 0.2) is 11.6 Å². The number of aromatic nitrogens is 2. The number of nitrogens with zero attached hydrogens (tertiary/aromatic N) is 2. The van der Waals surface area contributed by atoms with Crippen LogP contribution in [0.25, 0.3) is 0 Å². The second kappa shape index (κ2) is 5.71. The average molecular weight is 279 g/mol. The van der Waals surface area contributed by atoms with Gasteiger partial charge in [0.2, 0.25) is 0 Å². The highest BCUT2D eigenvalue weighted by atomic mass is 19.2. The minimum Gasteiger partial charge on any atom is -0.309 e. The summed E-state index contributed by atoms with van der Waals surface area (Å²) in [5, 5.41) is 7.49. The standard InChI is InChI=1S/C15H19F2N3/c1-15(2,3)20-10-12(9-19-20)8-18-7-11-4-5-13(16)14(17)6-11/h4-6,9-10,18H,7-8H2,1-3H3. The van der Waals surface area contributed by atoms with Gasteiger partial charge in [0.25, 0.3) is 0 Å². The van der Waals surface area contributed by atoms with E-state index in [9.17, 15) is 8.78 Å². The van der Waals surface area contributed by atoms with Gasteiger partial charge in [0, 0.05) is 24.8 Å². The van der Waals surface area contributed by atoms with E-state index in [1.807, 2.05) is 17.1 Å². The van der Waals surface area contributed by atoms with Crippen molar-refractivity contribution < 1.29 is 8.78 Å². The van der Waals surface area contributed by atoms with E-state index in [-0.39, 0.29) is 5.54 Å². The van der Waals surface area contributed by atoms with Gasteiger partial charge in [0.05, 0.1) is 11.7 Å². The fourth-order valence-corrected chi connectivity index (χ4v) is 1.82. The first kappa shape index (κ1) is 14.7. The van der Waals surface area contributed by atoms with E-state index in [2.05, 4.69) is 31.2 Å². The summed E-state index contributed by atoms with van der Waals surface area (Å²) in [6, 6.07) is 3.93. The lowest BCUT2D eigenvalue weighted by atomic mass is 10.1. The third-order valence-electron chi connectivity index (χ3n) is 2.97. The number of nitrogens with one attached hydrogen (secondary N) is 1. The summed E-state index contributed by atoms with van der Waals surface area (Å²) < 4.78 is 27.7. The molecule has 2 aromatic rings. The summed E-state index contributed by atoms with van der Waals surface area (Å²) in [5.74, 6) is -1.63. The topological polar surface area (TPSA) is 29.9 Å². The minimum atomic E-state index is -0.819. The highest BCUT2D eigenvalue weighted by Crippen LogP contribution is 2.13. The van der Waals surface area contributed by atoms with Crippen LogP contribution < -0.4 is 5.32 Å². The molecule has 0 aliphatic rings. The molecular formula is C15H19F2N3. The highest BCUT2D eigenvalue weighted by molar-refractivity contribution is 5.17. The molecule has 0 amide bonds. The van der Waals surface area contributed by atoms with E-state index in [0.717, 1.165) is 11.6 Å². The minimum absolute atomic E-state index is 0.0433.